The van der Waals surface area contributed by atoms with Crippen molar-refractivity contribution in [1.82, 2.24) is 19.3 Å². The van der Waals surface area contributed by atoms with E-state index in [-0.39, 0.29) is 12.3 Å². The fraction of sp³-hybridized carbons (Fsp3) is 0.150. The van der Waals surface area contributed by atoms with E-state index in [2.05, 4.69) is 48.0 Å². The molecule has 0 saturated carbocycles. The van der Waals surface area contributed by atoms with Crippen LogP contribution in [0.25, 0.3) is 10.8 Å². The van der Waals surface area contributed by atoms with E-state index >= 15 is 0 Å². The number of carbonyl (C=O) groups is 1. The molecule has 0 saturated heterocycles. The van der Waals surface area contributed by atoms with Gasteiger partial charge in [0, 0.05) is 23.0 Å². The van der Waals surface area contributed by atoms with Crippen molar-refractivity contribution >= 4 is 38.9 Å². The third-order valence-electron chi connectivity index (χ3n) is 4.32. The van der Waals surface area contributed by atoms with E-state index in [0.29, 0.717) is 5.69 Å². The Morgan fingerprint density at radius 3 is 2.64 bits per heavy atom. The van der Waals surface area contributed by atoms with Crippen LogP contribution in [0.4, 0.5) is 5.69 Å². The summed E-state index contributed by atoms with van der Waals surface area (Å²) in [6, 6.07) is 11.7. The molecule has 1 N–H and O–H groups in total. The first kappa shape index (κ1) is 18.6. The average molecular weight is 456 g/mol. The molecule has 0 radical (unpaired) electrons. The summed E-state index contributed by atoms with van der Waals surface area (Å²) in [6.45, 7) is 4.09. The molecule has 0 aliphatic carbocycles. The monoisotopic (exact) mass is 455 g/mol. The number of carbonyl (C=O) groups excluding carboxylic acids is 1. The Kier molecular flexibility index (Phi) is 5.15. The van der Waals surface area contributed by atoms with Crippen LogP contribution in [-0.4, -0.2) is 25.2 Å². The molecular weight excluding hydrogens is 438 g/mol. The van der Waals surface area contributed by atoms with Crippen LogP contribution in [0.15, 0.2) is 58.6 Å². The summed E-state index contributed by atoms with van der Waals surface area (Å²) in [5.41, 5.74) is 4.52. The van der Waals surface area contributed by atoms with Crippen LogP contribution in [0.3, 0.4) is 0 Å². The van der Waals surface area contributed by atoms with E-state index in [1.54, 1.807) is 10.9 Å². The maximum atomic E-state index is 12.6. The Morgan fingerprint density at radius 1 is 1.18 bits per heavy atom. The van der Waals surface area contributed by atoms with E-state index < -0.39 is 0 Å². The summed E-state index contributed by atoms with van der Waals surface area (Å²) in [7, 11) is 0. The Morgan fingerprint density at radius 2 is 1.93 bits per heavy atom. The van der Waals surface area contributed by atoms with Crippen molar-refractivity contribution in [3.8, 4) is 10.8 Å². The molecule has 0 fully saturated rings. The lowest BCUT2D eigenvalue weighted by atomic mass is 10.2. The summed E-state index contributed by atoms with van der Waals surface area (Å²) < 4.78 is 4.69. The minimum atomic E-state index is -0.114. The quantitative estimate of drug-likeness (QED) is 0.474. The first-order valence-corrected chi connectivity index (χ1v) is 10.4. The van der Waals surface area contributed by atoms with E-state index in [4.69, 9.17) is 0 Å². The zero-order chi connectivity index (χ0) is 19.7. The zero-order valence-corrected chi connectivity index (χ0v) is 17.8. The molecule has 1 aromatic carbocycles. The number of rotatable bonds is 5. The standard InChI is InChI=1S/C20H18BrN5OS/c1-13-7-8-14(2)26(13)20-23-16(12-28-20)9-19(27)24-17-5-3-4-6-18(17)25-11-15(21)10-22-25/h3-8,10-12H,9H2,1-2H3,(H,24,27). The highest BCUT2D eigenvalue weighted by Crippen LogP contribution is 2.23. The van der Waals surface area contributed by atoms with Gasteiger partial charge in [0.05, 0.1) is 34.2 Å². The molecule has 0 spiro atoms. The lowest BCUT2D eigenvalue weighted by Crippen LogP contribution is -2.16. The molecule has 0 atom stereocenters. The smallest absolute Gasteiger partial charge is 0.230 e. The summed E-state index contributed by atoms with van der Waals surface area (Å²) >= 11 is 4.94. The molecule has 0 unspecified atom stereocenters. The number of halogens is 1. The molecule has 0 bridgehead atoms. The molecular formula is C20H18BrN5OS. The van der Waals surface area contributed by atoms with Crippen molar-refractivity contribution in [3.05, 3.63) is 75.7 Å². The van der Waals surface area contributed by atoms with Gasteiger partial charge in [0.25, 0.3) is 0 Å². The zero-order valence-electron chi connectivity index (χ0n) is 15.4. The van der Waals surface area contributed by atoms with Crippen LogP contribution >= 0.6 is 27.3 Å². The average Bonchev–Trinajstić information content (AvgIpc) is 3.37. The second kappa shape index (κ2) is 7.73. The van der Waals surface area contributed by atoms with Gasteiger partial charge in [-0.2, -0.15) is 5.10 Å². The van der Waals surface area contributed by atoms with Gasteiger partial charge in [0.2, 0.25) is 5.91 Å². The van der Waals surface area contributed by atoms with E-state index in [0.717, 1.165) is 32.4 Å². The molecule has 3 aromatic heterocycles. The molecule has 142 valence electrons. The summed E-state index contributed by atoms with van der Waals surface area (Å²) in [5, 5.41) is 10.1. The molecule has 1 amide bonds. The number of benzene rings is 1. The third kappa shape index (κ3) is 3.79. The molecule has 0 aliphatic heterocycles. The normalized spacial score (nSPS) is 11.0. The number of anilines is 1. The number of aromatic nitrogens is 4. The maximum absolute atomic E-state index is 12.6. The van der Waals surface area contributed by atoms with Crippen LogP contribution < -0.4 is 5.32 Å². The van der Waals surface area contributed by atoms with Gasteiger partial charge in [0.15, 0.2) is 5.13 Å². The van der Waals surface area contributed by atoms with Crippen molar-refractivity contribution in [2.24, 2.45) is 0 Å². The highest BCUT2D eigenvalue weighted by atomic mass is 79.9. The van der Waals surface area contributed by atoms with E-state index in [9.17, 15) is 4.79 Å². The molecule has 0 aliphatic rings. The Hall–Kier alpha value is -2.71. The minimum absolute atomic E-state index is 0.114. The maximum Gasteiger partial charge on any atom is 0.230 e. The van der Waals surface area contributed by atoms with Crippen LogP contribution in [-0.2, 0) is 11.2 Å². The topological polar surface area (TPSA) is 64.7 Å². The van der Waals surface area contributed by atoms with Gasteiger partial charge in [-0.3, -0.25) is 9.36 Å². The largest absolute Gasteiger partial charge is 0.324 e. The highest BCUT2D eigenvalue weighted by molar-refractivity contribution is 9.10. The molecule has 4 rings (SSSR count). The van der Waals surface area contributed by atoms with Crippen LogP contribution in [0.2, 0.25) is 0 Å². The number of nitrogens with zero attached hydrogens (tertiary/aromatic N) is 4. The Bertz CT molecular complexity index is 1120. The molecule has 6 nitrogen and oxygen atoms in total. The Balaban J connectivity index is 1.51. The van der Waals surface area contributed by atoms with Crippen molar-refractivity contribution in [3.63, 3.8) is 0 Å². The molecule has 8 heteroatoms. The molecule has 28 heavy (non-hydrogen) atoms. The minimum Gasteiger partial charge on any atom is -0.324 e. The van der Waals surface area contributed by atoms with Crippen LogP contribution in [0, 0.1) is 13.8 Å². The second-order valence-electron chi connectivity index (χ2n) is 6.42. The Labute approximate surface area is 175 Å². The second-order valence-corrected chi connectivity index (χ2v) is 8.17. The lowest BCUT2D eigenvalue weighted by Gasteiger charge is -2.10. The van der Waals surface area contributed by atoms with Crippen LogP contribution in [0.5, 0.6) is 0 Å². The van der Waals surface area contributed by atoms with Gasteiger partial charge in [-0.05, 0) is 54.0 Å². The van der Waals surface area contributed by atoms with Crippen LogP contribution in [0.1, 0.15) is 17.1 Å². The van der Waals surface area contributed by atoms with E-state index in [1.807, 2.05) is 49.7 Å². The van der Waals surface area contributed by atoms with Crippen molar-refractivity contribution in [1.29, 1.82) is 0 Å². The number of nitrogens with one attached hydrogen (secondary N) is 1. The van der Waals surface area contributed by atoms with Gasteiger partial charge in [-0.1, -0.05) is 12.1 Å². The van der Waals surface area contributed by atoms with E-state index in [1.165, 1.54) is 11.3 Å². The fourth-order valence-electron chi connectivity index (χ4n) is 3.02. The number of amides is 1. The summed E-state index contributed by atoms with van der Waals surface area (Å²) in [4.78, 5) is 17.2. The fourth-order valence-corrected chi connectivity index (χ4v) is 4.25. The van der Waals surface area contributed by atoms with Crippen molar-refractivity contribution in [2.75, 3.05) is 5.32 Å². The predicted octanol–water partition coefficient (Wildman–Crippen LogP) is 4.68. The first-order chi connectivity index (χ1) is 13.5. The van der Waals surface area contributed by atoms with Gasteiger partial charge in [-0.25, -0.2) is 9.67 Å². The van der Waals surface area contributed by atoms with Gasteiger partial charge in [-0.15, -0.1) is 11.3 Å². The molecule has 4 aromatic rings. The van der Waals surface area contributed by atoms with Crippen molar-refractivity contribution in [2.45, 2.75) is 20.3 Å². The number of para-hydroxylation sites is 2. The number of thiazole rings is 1. The number of aryl methyl sites for hydroxylation is 2. The lowest BCUT2D eigenvalue weighted by molar-refractivity contribution is -0.115. The van der Waals surface area contributed by atoms with Crippen molar-refractivity contribution < 1.29 is 4.79 Å². The van der Waals surface area contributed by atoms with Gasteiger partial charge in [0.1, 0.15) is 0 Å². The number of hydrogen-bond acceptors (Lipinski definition) is 4. The SMILES string of the molecule is Cc1ccc(C)n1-c1nc(CC(=O)Nc2ccccc2-n2cc(Br)cn2)cs1. The first-order valence-electron chi connectivity index (χ1n) is 8.70. The summed E-state index contributed by atoms with van der Waals surface area (Å²) in [6.07, 6.45) is 3.77. The number of hydrogen-bond donors (Lipinski definition) is 1. The predicted molar refractivity (Wildman–Crippen MR) is 115 cm³/mol. The highest BCUT2D eigenvalue weighted by Gasteiger charge is 2.13. The third-order valence-corrected chi connectivity index (χ3v) is 5.60. The molecule has 3 heterocycles. The van der Waals surface area contributed by atoms with Gasteiger partial charge >= 0.3 is 0 Å². The van der Waals surface area contributed by atoms with Gasteiger partial charge < -0.3 is 5.32 Å². The summed E-state index contributed by atoms with van der Waals surface area (Å²) in [5.74, 6) is -0.114.